The van der Waals surface area contributed by atoms with Crippen LogP contribution >= 0.6 is 0 Å². The molecule has 1 heterocycles. The lowest BCUT2D eigenvalue weighted by Gasteiger charge is -2.08. The Bertz CT molecular complexity index is 912. The van der Waals surface area contributed by atoms with Crippen LogP contribution in [0.4, 0.5) is 10.3 Å². The minimum absolute atomic E-state index is 0.221. The van der Waals surface area contributed by atoms with Crippen LogP contribution in [-0.2, 0) is 13.0 Å². The Labute approximate surface area is 157 Å². The van der Waals surface area contributed by atoms with E-state index in [0.29, 0.717) is 36.6 Å². The first-order valence-electron chi connectivity index (χ1n) is 8.75. The van der Waals surface area contributed by atoms with Gasteiger partial charge in [0.15, 0.2) is 0 Å². The second-order valence-corrected chi connectivity index (χ2v) is 6.17. The molecule has 27 heavy (non-hydrogen) atoms. The predicted octanol–water partition coefficient (Wildman–Crippen LogP) is 3.51. The third kappa shape index (κ3) is 5.10. The van der Waals surface area contributed by atoms with Gasteiger partial charge in [0.05, 0.1) is 5.56 Å². The summed E-state index contributed by atoms with van der Waals surface area (Å²) in [5, 5.41) is 5.90. The molecule has 138 valence electrons. The van der Waals surface area contributed by atoms with Crippen molar-refractivity contribution in [1.29, 1.82) is 0 Å². The van der Waals surface area contributed by atoms with E-state index in [4.69, 9.17) is 0 Å². The highest BCUT2D eigenvalue weighted by atomic mass is 19.1. The van der Waals surface area contributed by atoms with Gasteiger partial charge in [0.1, 0.15) is 5.82 Å². The molecular weight excluding hydrogens is 343 g/mol. The molecule has 0 aliphatic carbocycles. The largest absolute Gasteiger partial charge is 0.354 e. The Morgan fingerprint density at radius 3 is 2.37 bits per heavy atom. The second kappa shape index (κ2) is 8.89. The smallest absolute Gasteiger partial charge is 0.254 e. The molecule has 6 heteroatoms. The number of anilines is 1. The minimum atomic E-state index is -0.226. The zero-order chi connectivity index (χ0) is 19.1. The molecule has 0 saturated heterocycles. The van der Waals surface area contributed by atoms with Crippen LogP contribution in [0.5, 0.6) is 0 Å². The number of carbonyl (C=O) groups excluding carboxylic acids is 1. The molecule has 0 radical (unpaired) electrons. The summed E-state index contributed by atoms with van der Waals surface area (Å²) in [5.74, 6) is -0.0427. The SMILES string of the molecule is Cc1ccccc1CNC(=O)c1cnc(NCCc2ccccc2F)nc1. The monoisotopic (exact) mass is 364 g/mol. The van der Waals surface area contributed by atoms with Gasteiger partial charge in [0.2, 0.25) is 5.95 Å². The average Bonchev–Trinajstić information content (AvgIpc) is 2.69. The zero-order valence-electron chi connectivity index (χ0n) is 15.1. The number of halogens is 1. The topological polar surface area (TPSA) is 66.9 Å². The van der Waals surface area contributed by atoms with Crippen LogP contribution in [0.3, 0.4) is 0 Å². The fourth-order valence-corrected chi connectivity index (χ4v) is 2.63. The molecule has 0 bridgehead atoms. The van der Waals surface area contributed by atoms with E-state index in [1.807, 2.05) is 31.2 Å². The lowest BCUT2D eigenvalue weighted by atomic mass is 10.1. The molecule has 3 aromatic rings. The van der Waals surface area contributed by atoms with Gasteiger partial charge in [0, 0.05) is 25.5 Å². The lowest BCUT2D eigenvalue weighted by molar-refractivity contribution is 0.0950. The number of hydrogen-bond acceptors (Lipinski definition) is 4. The van der Waals surface area contributed by atoms with Crippen LogP contribution < -0.4 is 10.6 Å². The molecule has 1 amide bonds. The number of aromatic nitrogens is 2. The van der Waals surface area contributed by atoms with Gasteiger partial charge in [-0.2, -0.15) is 0 Å². The number of carbonyl (C=O) groups is 1. The molecule has 0 spiro atoms. The molecule has 0 saturated carbocycles. The number of nitrogens with one attached hydrogen (secondary N) is 2. The van der Waals surface area contributed by atoms with Crippen LogP contribution in [0.2, 0.25) is 0 Å². The number of rotatable bonds is 7. The van der Waals surface area contributed by atoms with Crippen molar-refractivity contribution in [1.82, 2.24) is 15.3 Å². The summed E-state index contributed by atoms with van der Waals surface area (Å²) in [6.45, 7) is 2.96. The van der Waals surface area contributed by atoms with Crippen molar-refractivity contribution in [3.63, 3.8) is 0 Å². The van der Waals surface area contributed by atoms with Crippen LogP contribution in [0.15, 0.2) is 60.9 Å². The van der Waals surface area contributed by atoms with E-state index >= 15 is 0 Å². The van der Waals surface area contributed by atoms with Gasteiger partial charge < -0.3 is 10.6 Å². The molecule has 1 aromatic heterocycles. The third-order valence-electron chi connectivity index (χ3n) is 4.25. The lowest BCUT2D eigenvalue weighted by Crippen LogP contribution is -2.23. The molecule has 0 aliphatic rings. The number of amides is 1. The summed E-state index contributed by atoms with van der Waals surface area (Å²) >= 11 is 0. The summed E-state index contributed by atoms with van der Waals surface area (Å²) in [7, 11) is 0. The average molecular weight is 364 g/mol. The molecule has 0 aliphatic heterocycles. The minimum Gasteiger partial charge on any atom is -0.354 e. The van der Waals surface area contributed by atoms with Crippen molar-refractivity contribution < 1.29 is 9.18 Å². The van der Waals surface area contributed by atoms with Gasteiger partial charge in [-0.05, 0) is 36.1 Å². The van der Waals surface area contributed by atoms with Gasteiger partial charge in [-0.3, -0.25) is 4.79 Å². The molecule has 0 fully saturated rings. The zero-order valence-corrected chi connectivity index (χ0v) is 15.1. The first kappa shape index (κ1) is 18.5. The highest BCUT2D eigenvalue weighted by Crippen LogP contribution is 2.09. The van der Waals surface area contributed by atoms with E-state index in [-0.39, 0.29) is 11.7 Å². The second-order valence-electron chi connectivity index (χ2n) is 6.17. The molecule has 3 rings (SSSR count). The van der Waals surface area contributed by atoms with Crippen LogP contribution in [0.25, 0.3) is 0 Å². The van der Waals surface area contributed by atoms with Crippen molar-refractivity contribution in [2.75, 3.05) is 11.9 Å². The van der Waals surface area contributed by atoms with E-state index in [9.17, 15) is 9.18 Å². The third-order valence-corrected chi connectivity index (χ3v) is 4.25. The van der Waals surface area contributed by atoms with E-state index in [1.165, 1.54) is 18.5 Å². The maximum absolute atomic E-state index is 13.6. The highest BCUT2D eigenvalue weighted by Gasteiger charge is 2.08. The Morgan fingerprint density at radius 1 is 1.00 bits per heavy atom. The molecule has 2 aromatic carbocycles. The molecule has 2 N–H and O–H groups in total. The van der Waals surface area contributed by atoms with Crippen LogP contribution in [0.1, 0.15) is 27.0 Å². The normalized spacial score (nSPS) is 10.4. The van der Waals surface area contributed by atoms with Gasteiger partial charge in [-0.25, -0.2) is 14.4 Å². The molecule has 0 unspecified atom stereocenters. The Balaban J connectivity index is 1.50. The van der Waals surface area contributed by atoms with Gasteiger partial charge in [-0.15, -0.1) is 0 Å². The quantitative estimate of drug-likeness (QED) is 0.673. The van der Waals surface area contributed by atoms with Crippen molar-refractivity contribution in [2.45, 2.75) is 19.9 Å². The summed E-state index contributed by atoms with van der Waals surface area (Å²) < 4.78 is 13.6. The number of aryl methyl sites for hydroxylation is 1. The maximum Gasteiger partial charge on any atom is 0.254 e. The van der Waals surface area contributed by atoms with Crippen LogP contribution in [-0.4, -0.2) is 22.4 Å². The van der Waals surface area contributed by atoms with Crippen molar-refractivity contribution in [2.24, 2.45) is 0 Å². The molecular formula is C21H21FN4O. The van der Waals surface area contributed by atoms with Gasteiger partial charge in [0.25, 0.3) is 5.91 Å². The summed E-state index contributed by atoms with van der Waals surface area (Å²) in [6.07, 6.45) is 3.48. The molecule has 0 atom stereocenters. The Hall–Kier alpha value is -3.28. The first-order valence-corrected chi connectivity index (χ1v) is 8.75. The van der Waals surface area contributed by atoms with Gasteiger partial charge >= 0.3 is 0 Å². The fraction of sp³-hybridized carbons (Fsp3) is 0.190. The van der Waals surface area contributed by atoms with E-state index in [1.54, 1.807) is 18.2 Å². The Morgan fingerprint density at radius 2 is 1.67 bits per heavy atom. The number of nitrogens with zero attached hydrogens (tertiary/aromatic N) is 2. The van der Waals surface area contributed by atoms with Crippen LogP contribution in [0, 0.1) is 12.7 Å². The summed E-state index contributed by atoms with van der Waals surface area (Å²) in [5.41, 5.74) is 3.22. The van der Waals surface area contributed by atoms with E-state index in [2.05, 4.69) is 20.6 Å². The van der Waals surface area contributed by atoms with Crippen molar-refractivity contribution in [3.05, 3.63) is 89.0 Å². The van der Waals surface area contributed by atoms with Crippen molar-refractivity contribution in [3.8, 4) is 0 Å². The van der Waals surface area contributed by atoms with Gasteiger partial charge in [-0.1, -0.05) is 42.5 Å². The number of hydrogen-bond donors (Lipinski definition) is 2. The predicted molar refractivity (Wildman–Crippen MR) is 103 cm³/mol. The Kier molecular flexibility index (Phi) is 6.10. The standard InChI is InChI=1S/C21H21FN4O/c1-15-6-2-3-8-17(15)12-24-20(27)18-13-25-21(26-14-18)23-11-10-16-7-4-5-9-19(16)22/h2-9,13-14H,10-12H2,1H3,(H,24,27)(H,23,25,26). The number of benzene rings is 2. The van der Waals surface area contributed by atoms with E-state index in [0.717, 1.165) is 11.1 Å². The summed E-state index contributed by atoms with van der Waals surface area (Å²) in [6, 6.07) is 14.6. The van der Waals surface area contributed by atoms with E-state index < -0.39 is 0 Å². The first-order chi connectivity index (χ1) is 13.1. The highest BCUT2D eigenvalue weighted by molar-refractivity contribution is 5.93. The fourth-order valence-electron chi connectivity index (χ4n) is 2.63. The maximum atomic E-state index is 13.6. The van der Waals surface area contributed by atoms with Crippen molar-refractivity contribution >= 4 is 11.9 Å². The summed E-state index contributed by atoms with van der Waals surface area (Å²) in [4.78, 5) is 20.5. The molecule has 5 nitrogen and oxygen atoms in total.